The van der Waals surface area contributed by atoms with Gasteiger partial charge < -0.3 is 30.7 Å². The standard InChI is InChI=1S/C16H21N3O4.C7H4ClNOS/c17-13-5-10-3-1-2-4-14(10)19(16(13)23)9-15(22)18-7-11(20)6-12(21)8-18;8-6-2-4-1-5(3-10)9-7(4)11-6/h1-4,11-13,20-21H,5-9,17H2;1-3,9H. The topological polar surface area (TPSA) is 140 Å². The third kappa shape index (κ3) is 5.31. The van der Waals surface area contributed by atoms with Crippen molar-refractivity contribution >= 4 is 56.9 Å². The maximum Gasteiger partial charge on any atom is 0.244 e. The van der Waals surface area contributed by atoms with E-state index in [2.05, 4.69) is 4.98 Å². The van der Waals surface area contributed by atoms with Gasteiger partial charge in [0, 0.05) is 30.6 Å². The van der Waals surface area contributed by atoms with Crippen LogP contribution >= 0.6 is 22.9 Å². The number of halogens is 1. The van der Waals surface area contributed by atoms with Gasteiger partial charge in [0.05, 0.1) is 28.3 Å². The van der Waals surface area contributed by atoms with Gasteiger partial charge in [0.2, 0.25) is 11.8 Å². The van der Waals surface area contributed by atoms with Gasteiger partial charge in [-0.25, -0.2) is 0 Å². The highest BCUT2D eigenvalue weighted by Gasteiger charge is 2.34. The SMILES string of the molecule is NC1Cc2ccccc2N(CC(=O)N2CC(O)CC(O)C2)C1=O.O=Cc1cc2cc(Cl)sc2[nH]1. The number of nitrogens with one attached hydrogen (secondary N) is 1. The van der Waals surface area contributed by atoms with Crippen molar-refractivity contribution in [1.29, 1.82) is 0 Å². The number of aromatic amines is 1. The van der Waals surface area contributed by atoms with E-state index in [4.69, 9.17) is 17.3 Å². The number of aromatic nitrogens is 1. The van der Waals surface area contributed by atoms with Crippen LogP contribution in [0, 0.1) is 0 Å². The minimum Gasteiger partial charge on any atom is -0.391 e. The van der Waals surface area contributed by atoms with Crippen molar-refractivity contribution in [1.82, 2.24) is 9.88 Å². The number of likely N-dealkylation sites (tertiary alicyclic amines) is 1. The smallest absolute Gasteiger partial charge is 0.244 e. The lowest BCUT2D eigenvalue weighted by Crippen LogP contribution is -2.55. The number of aliphatic hydroxyl groups is 2. The highest BCUT2D eigenvalue weighted by molar-refractivity contribution is 7.22. The van der Waals surface area contributed by atoms with Crippen LogP contribution in [-0.2, 0) is 16.0 Å². The summed E-state index contributed by atoms with van der Waals surface area (Å²) < 4.78 is 0.740. The number of para-hydroxylation sites is 1. The molecule has 2 aromatic heterocycles. The van der Waals surface area contributed by atoms with Crippen LogP contribution in [0.4, 0.5) is 5.69 Å². The first-order chi connectivity index (χ1) is 16.2. The van der Waals surface area contributed by atoms with Gasteiger partial charge >= 0.3 is 0 Å². The van der Waals surface area contributed by atoms with E-state index in [0.717, 1.165) is 26.4 Å². The molecule has 2 aliphatic rings. The van der Waals surface area contributed by atoms with Crippen LogP contribution in [0.5, 0.6) is 0 Å². The number of carbonyl (C=O) groups is 3. The first kappa shape index (κ1) is 24.4. The van der Waals surface area contributed by atoms with Crippen molar-refractivity contribution in [3.8, 4) is 0 Å². The molecule has 5 N–H and O–H groups in total. The number of fused-ring (bicyclic) bond motifs is 2. The van der Waals surface area contributed by atoms with Crippen LogP contribution in [0.25, 0.3) is 10.2 Å². The number of rotatable bonds is 3. The number of aldehydes is 1. The fraction of sp³-hybridized carbons (Fsp3) is 0.348. The molecule has 0 radical (unpaired) electrons. The fourth-order valence-electron chi connectivity index (χ4n) is 4.22. The Labute approximate surface area is 204 Å². The molecule has 1 saturated heterocycles. The number of nitrogens with zero attached hydrogens (tertiary/aromatic N) is 2. The number of H-pyrrole nitrogens is 1. The monoisotopic (exact) mass is 504 g/mol. The van der Waals surface area contributed by atoms with Crippen LogP contribution in [0.1, 0.15) is 22.5 Å². The molecule has 3 aromatic rings. The lowest BCUT2D eigenvalue weighted by Gasteiger charge is -2.37. The van der Waals surface area contributed by atoms with Gasteiger partial charge in [-0.15, -0.1) is 11.3 Å². The van der Waals surface area contributed by atoms with E-state index < -0.39 is 18.2 Å². The fourth-order valence-corrected chi connectivity index (χ4v) is 5.35. The average Bonchev–Trinajstić information content (AvgIpc) is 3.33. The van der Waals surface area contributed by atoms with Crippen molar-refractivity contribution in [3.63, 3.8) is 0 Å². The number of anilines is 1. The quantitative estimate of drug-likeness (QED) is 0.399. The van der Waals surface area contributed by atoms with Crippen LogP contribution in [0.2, 0.25) is 4.34 Å². The molecule has 2 amide bonds. The van der Waals surface area contributed by atoms with Crippen LogP contribution < -0.4 is 10.6 Å². The molecule has 3 unspecified atom stereocenters. The molecule has 34 heavy (non-hydrogen) atoms. The second-order valence-corrected chi connectivity index (χ2v) is 10.1. The number of carbonyl (C=O) groups excluding carboxylic acids is 3. The maximum absolute atomic E-state index is 12.5. The Morgan fingerprint density at radius 3 is 2.62 bits per heavy atom. The molecule has 3 atom stereocenters. The first-order valence-corrected chi connectivity index (χ1v) is 12.0. The van der Waals surface area contributed by atoms with Crippen molar-refractivity contribution in [2.24, 2.45) is 5.73 Å². The van der Waals surface area contributed by atoms with Gasteiger partial charge in [0.15, 0.2) is 6.29 Å². The highest BCUT2D eigenvalue weighted by atomic mass is 35.5. The summed E-state index contributed by atoms with van der Waals surface area (Å²) in [7, 11) is 0. The number of benzene rings is 1. The van der Waals surface area contributed by atoms with E-state index in [9.17, 15) is 24.6 Å². The summed E-state index contributed by atoms with van der Waals surface area (Å²) in [6.45, 7) is 0.209. The maximum atomic E-state index is 12.5. The molecule has 1 aromatic carbocycles. The molecule has 0 spiro atoms. The number of piperidine rings is 1. The molecular formula is C23H25ClN4O5S. The van der Waals surface area contributed by atoms with E-state index in [1.807, 2.05) is 24.3 Å². The molecule has 4 heterocycles. The van der Waals surface area contributed by atoms with E-state index in [-0.39, 0.29) is 37.9 Å². The van der Waals surface area contributed by atoms with E-state index >= 15 is 0 Å². The Morgan fingerprint density at radius 1 is 1.24 bits per heavy atom. The summed E-state index contributed by atoms with van der Waals surface area (Å²) in [5.74, 6) is -0.588. The predicted octanol–water partition coefficient (Wildman–Crippen LogP) is 1.55. The summed E-state index contributed by atoms with van der Waals surface area (Å²) in [6, 6.07) is 10.3. The molecule has 5 rings (SSSR count). The van der Waals surface area contributed by atoms with Crippen LogP contribution in [0.3, 0.4) is 0 Å². The normalized spacial score (nSPS) is 22.2. The molecule has 2 aliphatic heterocycles. The number of hydrogen-bond acceptors (Lipinski definition) is 7. The number of β-amino-alcohol motifs (C(OH)–C–C–N with tert-alkyl or cyclic N) is 2. The highest BCUT2D eigenvalue weighted by Crippen LogP contribution is 2.29. The minimum atomic E-state index is -0.741. The summed E-state index contributed by atoms with van der Waals surface area (Å²) in [4.78, 5) is 41.8. The molecular weight excluding hydrogens is 480 g/mol. The zero-order valence-corrected chi connectivity index (χ0v) is 19.8. The lowest BCUT2D eigenvalue weighted by molar-refractivity contribution is -0.137. The summed E-state index contributed by atoms with van der Waals surface area (Å²) in [6.07, 6.45) is 0.0327. The van der Waals surface area contributed by atoms with Crippen molar-refractivity contribution in [2.45, 2.75) is 31.1 Å². The number of amides is 2. The minimum absolute atomic E-state index is 0.136. The van der Waals surface area contributed by atoms with Crippen molar-refractivity contribution < 1.29 is 24.6 Å². The third-order valence-electron chi connectivity index (χ3n) is 5.78. The summed E-state index contributed by atoms with van der Waals surface area (Å²) in [5, 5.41) is 20.4. The van der Waals surface area contributed by atoms with Gasteiger partial charge in [-0.05, 0) is 30.2 Å². The second kappa shape index (κ2) is 10.2. The third-order valence-corrected chi connectivity index (χ3v) is 6.98. The van der Waals surface area contributed by atoms with Crippen LogP contribution in [0.15, 0.2) is 36.4 Å². The molecule has 11 heteroatoms. The van der Waals surface area contributed by atoms with Gasteiger partial charge in [-0.1, -0.05) is 29.8 Å². The second-order valence-electron chi connectivity index (χ2n) is 8.38. The van der Waals surface area contributed by atoms with Gasteiger partial charge in [-0.3, -0.25) is 14.4 Å². The molecule has 0 bridgehead atoms. The summed E-state index contributed by atoms with van der Waals surface area (Å²) >= 11 is 7.17. The zero-order chi connectivity index (χ0) is 24.4. The van der Waals surface area contributed by atoms with Crippen molar-refractivity contribution in [3.05, 3.63) is 52.0 Å². The number of nitrogens with two attached hydrogens (primary N) is 1. The Hall–Kier alpha value is -2.76. The Kier molecular flexibility index (Phi) is 7.34. The Morgan fingerprint density at radius 2 is 1.94 bits per heavy atom. The van der Waals surface area contributed by atoms with Gasteiger partial charge in [0.25, 0.3) is 0 Å². The predicted molar refractivity (Wildman–Crippen MR) is 130 cm³/mol. The van der Waals surface area contributed by atoms with E-state index in [1.165, 1.54) is 21.1 Å². The number of thiophene rings is 1. The van der Waals surface area contributed by atoms with Gasteiger partial charge in [0.1, 0.15) is 11.4 Å². The molecule has 9 nitrogen and oxygen atoms in total. The number of hydrogen-bond donors (Lipinski definition) is 4. The van der Waals surface area contributed by atoms with Gasteiger partial charge in [-0.2, -0.15) is 0 Å². The zero-order valence-electron chi connectivity index (χ0n) is 18.2. The first-order valence-electron chi connectivity index (χ1n) is 10.8. The Bertz CT molecular complexity index is 1170. The summed E-state index contributed by atoms with van der Waals surface area (Å²) in [5.41, 5.74) is 8.12. The lowest BCUT2D eigenvalue weighted by atomic mass is 9.97. The molecule has 0 aliphatic carbocycles. The average molecular weight is 505 g/mol. The Balaban J connectivity index is 0.000000207. The number of aliphatic hydroxyl groups excluding tert-OH is 2. The van der Waals surface area contributed by atoms with Crippen LogP contribution in [-0.4, -0.2) is 76.1 Å². The van der Waals surface area contributed by atoms with Crippen molar-refractivity contribution in [2.75, 3.05) is 24.5 Å². The largest absolute Gasteiger partial charge is 0.391 e. The van der Waals surface area contributed by atoms with E-state index in [0.29, 0.717) is 17.8 Å². The molecule has 180 valence electrons. The molecule has 0 saturated carbocycles. The molecule has 1 fully saturated rings. The van der Waals surface area contributed by atoms with E-state index in [1.54, 1.807) is 12.1 Å².